The van der Waals surface area contributed by atoms with E-state index < -0.39 is 0 Å². The summed E-state index contributed by atoms with van der Waals surface area (Å²) in [6.45, 7) is 3.16. The van der Waals surface area contributed by atoms with E-state index in [9.17, 15) is 0 Å². The van der Waals surface area contributed by atoms with Crippen molar-refractivity contribution in [2.45, 2.75) is 13.5 Å². The van der Waals surface area contributed by atoms with Crippen molar-refractivity contribution >= 4 is 12.2 Å². The summed E-state index contributed by atoms with van der Waals surface area (Å²) < 4.78 is 2.06. The molecule has 1 atom stereocenters. The fourth-order valence-corrected chi connectivity index (χ4v) is 1.12. The third-order valence-corrected chi connectivity index (χ3v) is 1.62. The first kappa shape index (κ1) is 5.65. The highest BCUT2D eigenvalue weighted by Gasteiger charge is 2.08. The maximum Gasteiger partial charge on any atom is 0.229 e. The summed E-state index contributed by atoms with van der Waals surface area (Å²) in [5.41, 5.74) is 0. The molecule has 0 fully saturated rings. The summed E-state index contributed by atoms with van der Waals surface area (Å²) in [4.78, 5) is 8.22. The van der Waals surface area contributed by atoms with Gasteiger partial charge in [-0.1, -0.05) is 6.92 Å². The van der Waals surface area contributed by atoms with E-state index in [0.29, 0.717) is 5.92 Å². The monoisotopic (exact) mass is 135 g/mol. The van der Waals surface area contributed by atoms with Crippen LogP contribution in [0.2, 0.25) is 0 Å². The molecule has 3 nitrogen and oxygen atoms in total. The van der Waals surface area contributed by atoms with Gasteiger partial charge >= 0.3 is 0 Å². The zero-order valence-corrected chi connectivity index (χ0v) is 5.86. The van der Waals surface area contributed by atoms with Crippen molar-refractivity contribution in [3.05, 3.63) is 12.4 Å². The second kappa shape index (κ2) is 1.94. The predicted octanol–water partition coefficient (Wildman–Crippen LogP) is 1.24. The Bertz CT molecular complexity index is 262. The Morgan fingerprint density at radius 3 is 3.50 bits per heavy atom. The number of aromatic nitrogens is 2. The van der Waals surface area contributed by atoms with Crippen LogP contribution in [0.1, 0.15) is 6.92 Å². The Hall–Kier alpha value is -1.12. The van der Waals surface area contributed by atoms with Crippen molar-refractivity contribution < 1.29 is 0 Å². The zero-order chi connectivity index (χ0) is 6.97. The van der Waals surface area contributed by atoms with Gasteiger partial charge in [0, 0.05) is 31.1 Å². The molecule has 0 N–H and O–H groups in total. The van der Waals surface area contributed by atoms with Gasteiger partial charge in [-0.3, -0.25) is 0 Å². The first-order chi connectivity index (χ1) is 4.86. The van der Waals surface area contributed by atoms with E-state index in [2.05, 4.69) is 21.5 Å². The van der Waals surface area contributed by atoms with Gasteiger partial charge in [-0.25, -0.2) is 9.98 Å². The van der Waals surface area contributed by atoms with Gasteiger partial charge in [-0.15, -0.1) is 0 Å². The number of hydrogen-bond donors (Lipinski definition) is 0. The molecule has 0 spiro atoms. The summed E-state index contributed by atoms with van der Waals surface area (Å²) in [5, 5.41) is 0. The van der Waals surface area contributed by atoms with Gasteiger partial charge in [0.15, 0.2) is 0 Å². The van der Waals surface area contributed by atoms with Gasteiger partial charge in [0.05, 0.1) is 0 Å². The second-order valence-corrected chi connectivity index (χ2v) is 2.64. The largest absolute Gasteiger partial charge is 0.315 e. The lowest BCUT2D eigenvalue weighted by Crippen LogP contribution is -2.11. The number of hydrogen-bond acceptors (Lipinski definition) is 2. The number of nitrogens with zero attached hydrogens (tertiary/aromatic N) is 3. The number of fused-ring (bicyclic) bond motifs is 1. The molecule has 1 aliphatic heterocycles. The molecule has 0 radical (unpaired) electrons. The third-order valence-electron chi connectivity index (χ3n) is 1.62. The maximum absolute atomic E-state index is 4.16. The molecular formula is C7H9N3. The fourth-order valence-electron chi connectivity index (χ4n) is 1.12. The van der Waals surface area contributed by atoms with Gasteiger partial charge in [-0.05, 0) is 0 Å². The van der Waals surface area contributed by atoms with Crippen molar-refractivity contribution in [1.82, 2.24) is 9.55 Å². The van der Waals surface area contributed by atoms with Crippen LogP contribution in [-0.4, -0.2) is 15.8 Å². The molecule has 2 rings (SSSR count). The Morgan fingerprint density at radius 1 is 1.70 bits per heavy atom. The third kappa shape index (κ3) is 0.744. The molecule has 0 bridgehead atoms. The minimum atomic E-state index is 0.543. The molecule has 2 heterocycles. The Labute approximate surface area is 59.4 Å². The van der Waals surface area contributed by atoms with Crippen LogP contribution in [0.5, 0.6) is 0 Å². The maximum atomic E-state index is 4.16. The highest BCUT2D eigenvalue weighted by molar-refractivity contribution is 5.64. The van der Waals surface area contributed by atoms with Crippen LogP contribution in [0.3, 0.4) is 0 Å². The first-order valence-electron chi connectivity index (χ1n) is 3.41. The standard InChI is InChI=1S/C7H9N3/c1-6-4-9-7-8-2-3-10(7)5-6/h2-4,6H,5H2,1H3/t6-/m0/s1. The van der Waals surface area contributed by atoms with Crippen molar-refractivity contribution in [3.8, 4) is 0 Å². The molecule has 1 aromatic rings. The zero-order valence-electron chi connectivity index (χ0n) is 5.86. The highest BCUT2D eigenvalue weighted by Crippen LogP contribution is 2.15. The molecule has 0 aromatic carbocycles. The van der Waals surface area contributed by atoms with Crippen LogP contribution in [-0.2, 0) is 6.54 Å². The van der Waals surface area contributed by atoms with E-state index in [1.54, 1.807) is 6.20 Å². The SMILES string of the molecule is C[C@H]1C=Nc2nccn2C1. The van der Waals surface area contributed by atoms with Crippen LogP contribution in [0.25, 0.3) is 0 Å². The van der Waals surface area contributed by atoms with E-state index in [-0.39, 0.29) is 0 Å². The lowest BCUT2D eigenvalue weighted by Gasteiger charge is -2.12. The minimum absolute atomic E-state index is 0.543. The summed E-state index contributed by atoms with van der Waals surface area (Å²) in [6, 6.07) is 0. The van der Waals surface area contributed by atoms with Crippen molar-refractivity contribution in [1.29, 1.82) is 0 Å². The molecule has 0 aliphatic carbocycles. The highest BCUT2D eigenvalue weighted by atomic mass is 15.2. The smallest absolute Gasteiger partial charge is 0.229 e. The van der Waals surface area contributed by atoms with Crippen LogP contribution in [0.4, 0.5) is 5.95 Å². The molecule has 52 valence electrons. The number of aliphatic imine (C=N–C) groups is 1. The summed E-state index contributed by atoms with van der Waals surface area (Å²) in [5.74, 6) is 1.37. The second-order valence-electron chi connectivity index (χ2n) is 2.64. The first-order valence-corrected chi connectivity index (χ1v) is 3.41. The van der Waals surface area contributed by atoms with E-state index in [1.165, 1.54) is 0 Å². The van der Waals surface area contributed by atoms with Crippen molar-refractivity contribution in [3.63, 3.8) is 0 Å². The molecule has 0 unspecified atom stereocenters. The molecular weight excluding hydrogens is 126 g/mol. The lowest BCUT2D eigenvalue weighted by molar-refractivity contribution is 0.592. The molecule has 0 saturated carbocycles. The fraction of sp³-hybridized carbons (Fsp3) is 0.429. The van der Waals surface area contributed by atoms with Gasteiger partial charge in [0.2, 0.25) is 5.95 Å². The molecule has 1 aromatic heterocycles. The molecule has 3 heteroatoms. The average molecular weight is 135 g/mol. The van der Waals surface area contributed by atoms with Crippen LogP contribution in [0.15, 0.2) is 17.4 Å². The Kier molecular flexibility index (Phi) is 1.09. The minimum Gasteiger partial charge on any atom is -0.315 e. The molecule has 0 amide bonds. The summed E-state index contributed by atoms with van der Waals surface area (Å²) in [7, 11) is 0. The summed E-state index contributed by atoms with van der Waals surface area (Å²) in [6.07, 6.45) is 5.69. The summed E-state index contributed by atoms with van der Waals surface area (Å²) >= 11 is 0. The van der Waals surface area contributed by atoms with E-state index in [0.717, 1.165) is 12.5 Å². The molecule has 0 saturated heterocycles. The van der Waals surface area contributed by atoms with Crippen LogP contribution < -0.4 is 0 Å². The quantitative estimate of drug-likeness (QED) is 0.526. The van der Waals surface area contributed by atoms with Crippen LogP contribution in [0, 0.1) is 5.92 Å². The average Bonchev–Trinajstić information content (AvgIpc) is 2.33. The predicted molar refractivity (Wildman–Crippen MR) is 39.5 cm³/mol. The number of rotatable bonds is 0. The van der Waals surface area contributed by atoms with E-state index in [4.69, 9.17) is 0 Å². The van der Waals surface area contributed by atoms with Crippen molar-refractivity contribution in [2.24, 2.45) is 10.9 Å². The van der Waals surface area contributed by atoms with E-state index in [1.807, 2.05) is 12.4 Å². The molecule has 1 aliphatic rings. The van der Waals surface area contributed by atoms with Crippen LogP contribution >= 0.6 is 0 Å². The Morgan fingerprint density at radius 2 is 2.60 bits per heavy atom. The topological polar surface area (TPSA) is 30.2 Å². The van der Waals surface area contributed by atoms with Gasteiger partial charge in [-0.2, -0.15) is 0 Å². The van der Waals surface area contributed by atoms with Gasteiger partial charge in [0.25, 0.3) is 0 Å². The normalized spacial score (nSPS) is 22.7. The van der Waals surface area contributed by atoms with Gasteiger partial charge in [0.1, 0.15) is 0 Å². The van der Waals surface area contributed by atoms with Crippen molar-refractivity contribution in [2.75, 3.05) is 0 Å². The Balaban J connectivity index is 2.43. The molecule has 10 heavy (non-hydrogen) atoms. The van der Waals surface area contributed by atoms with E-state index >= 15 is 0 Å². The van der Waals surface area contributed by atoms with Gasteiger partial charge < -0.3 is 4.57 Å². The lowest BCUT2D eigenvalue weighted by atomic mass is 10.2. The number of imidazole rings is 1.